The van der Waals surface area contributed by atoms with Crippen LogP contribution in [0.25, 0.3) is 22.3 Å². The Bertz CT molecular complexity index is 1570. The summed E-state index contributed by atoms with van der Waals surface area (Å²) >= 11 is 0.911. The molecule has 11 heteroatoms. The minimum Gasteiger partial charge on any atom is -0.755 e. The molecule has 1 atom stereocenters. The fraction of sp³-hybridized carbons (Fsp3) is 0.276. The molecule has 40 heavy (non-hydrogen) atoms. The summed E-state index contributed by atoms with van der Waals surface area (Å²) in [5.74, 6) is -0.309. The van der Waals surface area contributed by atoms with Crippen LogP contribution in [0.3, 0.4) is 0 Å². The largest absolute Gasteiger partial charge is 0.755 e. The molecule has 1 unspecified atom stereocenters. The van der Waals surface area contributed by atoms with E-state index in [1.807, 2.05) is 24.3 Å². The fourth-order valence-corrected chi connectivity index (χ4v) is 5.63. The highest BCUT2D eigenvalue weighted by molar-refractivity contribution is 9.10. The molecule has 0 bridgehead atoms. The van der Waals surface area contributed by atoms with Crippen molar-refractivity contribution >= 4 is 49.8 Å². The van der Waals surface area contributed by atoms with E-state index in [0.29, 0.717) is 34.4 Å². The number of carbonyl (C=O) groups excluding carboxylic acids is 1. The summed E-state index contributed by atoms with van der Waals surface area (Å²) in [6.45, 7) is 0.516. The molecular formula is C29H27BrFN2O6S-. The van der Waals surface area contributed by atoms with E-state index >= 15 is 0 Å². The lowest BCUT2D eigenvalue weighted by molar-refractivity contribution is -0.0392. The van der Waals surface area contributed by atoms with Gasteiger partial charge in [0.2, 0.25) is 0 Å². The maximum atomic E-state index is 13.6. The number of nitrogens with one attached hydrogen (secondary N) is 1. The van der Waals surface area contributed by atoms with Crippen molar-refractivity contribution in [3.05, 3.63) is 87.1 Å². The first kappa shape index (κ1) is 28.4. The lowest BCUT2D eigenvalue weighted by Gasteiger charge is -2.29. The third-order valence-electron chi connectivity index (χ3n) is 6.76. The zero-order valence-corrected chi connectivity index (χ0v) is 24.3. The Morgan fingerprint density at radius 2 is 1.95 bits per heavy atom. The van der Waals surface area contributed by atoms with Crippen LogP contribution in [-0.2, 0) is 33.9 Å². The zero-order valence-electron chi connectivity index (χ0n) is 21.9. The molecule has 210 valence electrons. The summed E-state index contributed by atoms with van der Waals surface area (Å²) < 4.78 is 57.6. The van der Waals surface area contributed by atoms with Crippen LogP contribution in [-0.4, -0.2) is 35.6 Å². The van der Waals surface area contributed by atoms with E-state index in [0.717, 1.165) is 34.0 Å². The van der Waals surface area contributed by atoms with Crippen molar-refractivity contribution in [2.75, 3.05) is 25.3 Å². The van der Waals surface area contributed by atoms with Gasteiger partial charge in [-0.25, -0.2) is 4.39 Å². The summed E-state index contributed by atoms with van der Waals surface area (Å²) in [6.07, 6.45) is 1.82. The molecular weight excluding hydrogens is 603 g/mol. The summed E-state index contributed by atoms with van der Waals surface area (Å²) in [5, 5.41) is 3.23. The van der Waals surface area contributed by atoms with Crippen LogP contribution < -0.4 is 9.62 Å². The van der Waals surface area contributed by atoms with Crippen molar-refractivity contribution in [1.29, 1.82) is 0 Å². The maximum Gasteiger partial charge on any atom is 0.255 e. The Labute approximate surface area is 242 Å². The molecule has 3 aromatic carbocycles. The molecule has 1 heterocycles. The fourth-order valence-electron chi connectivity index (χ4n) is 4.70. The first-order valence-corrected chi connectivity index (χ1v) is 14.4. The number of hydrogen-bond donors (Lipinski definition) is 1. The number of anilines is 1. The van der Waals surface area contributed by atoms with Gasteiger partial charge in [-0.1, -0.05) is 28.1 Å². The maximum absolute atomic E-state index is 13.6. The number of hydrogen-bond acceptors (Lipinski definition) is 6. The van der Waals surface area contributed by atoms with Gasteiger partial charge in [0, 0.05) is 46.9 Å². The first-order valence-electron chi connectivity index (χ1n) is 12.6. The Hall–Kier alpha value is -3.09. The predicted octanol–water partition coefficient (Wildman–Crippen LogP) is 6.16. The molecule has 1 saturated carbocycles. The number of nitrogens with zero attached hydrogens (tertiary/aromatic N) is 1. The van der Waals surface area contributed by atoms with Crippen LogP contribution >= 0.6 is 15.9 Å². The quantitative estimate of drug-likeness (QED) is 0.121. The van der Waals surface area contributed by atoms with Crippen LogP contribution in [0.15, 0.2) is 63.5 Å². The monoisotopic (exact) mass is 629 g/mol. The van der Waals surface area contributed by atoms with E-state index in [-0.39, 0.29) is 30.9 Å². The Kier molecular flexibility index (Phi) is 8.67. The molecule has 1 aromatic heterocycles. The standard InChI is InChI=1S/C29H28BrFN2O6S/c1-32-29(34)27-23-12-22(18-4-5-18)25(13-26(23)39-28(27)19-6-8-21(31)9-7-19)33(40(35)36)14-17-3-10-24(30)20(11-17)15-38-16-37-2/h3,6-13,18H,4-5,14-16H2,1-2H3,(H,32,34)(H,35,36)/p-1. The van der Waals surface area contributed by atoms with Gasteiger partial charge in [-0.15, -0.1) is 0 Å². The van der Waals surface area contributed by atoms with E-state index in [1.54, 1.807) is 25.3 Å². The van der Waals surface area contributed by atoms with Crippen LogP contribution in [0, 0.1) is 5.82 Å². The predicted molar refractivity (Wildman–Crippen MR) is 153 cm³/mol. The first-order chi connectivity index (χ1) is 19.3. The molecule has 0 aliphatic heterocycles. The molecule has 4 aromatic rings. The molecule has 0 radical (unpaired) electrons. The van der Waals surface area contributed by atoms with Gasteiger partial charge in [-0.3, -0.25) is 13.3 Å². The van der Waals surface area contributed by atoms with E-state index in [1.165, 1.54) is 23.5 Å². The number of fused-ring (bicyclic) bond motifs is 1. The molecule has 0 spiro atoms. The number of rotatable bonds is 11. The van der Waals surface area contributed by atoms with Crippen molar-refractivity contribution < 1.29 is 31.8 Å². The lowest BCUT2D eigenvalue weighted by Crippen LogP contribution is -2.26. The molecule has 1 N–H and O–H groups in total. The van der Waals surface area contributed by atoms with Crippen molar-refractivity contribution in [3.8, 4) is 11.3 Å². The highest BCUT2D eigenvalue weighted by Crippen LogP contribution is 2.48. The molecule has 1 aliphatic carbocycles. The van der Waals surface area contributed by atoms with Gasteiger partial charge < -0.3 is 23.8 Å². The Morgan fingerprint density at radius 1 is 1.20 bits per heavy atom. The van der Waals surface area contributed by atoms with Crippen molar-refractivity contribution in [3.63, 3.8) is 0 Å². The third kappa shape index (κ3) is 5.98. The average molecular weight is 631 g/mol. The molecule has 8 nitrogen and oxygen atoms in total. The topological polar surface area (TPSA) is 104 Å². The third-order valence-corrected chi connectivity index (χ3v) is 8.22. The van der Waals surface area contributed by atoms with Crippen molar-refractivity contribution in [2.24, 2.45) is 0 Å². The van der Waals surface area contributed by atoms with Crippen LogP contribution in [0.4, 0.5) is 10.1 Å². The van der Waals surface area contributed by atoms with E-state index in [2.05, 4.69) is 21.2 Å². The number of amides is 1. The Balaban J connectivity index is 1.60. The second kappa shape index (κ2) is 12.2. The van der Waals surface area contributed by atoms with Gasteiger partial charge in [-0.05, 0) is 71.8 Å². The highest BCUT2D eigenvalue weighted by atomic mass is 79.9. The highest BCUT2D eigenvalue weighted by Gasteiger charge is 2.31. The summed E-state index contributed by atoms with van der Waals surface area (Å²) in [5.41, 5.74) is 4.16. The van der Waals surface area contributed by atoms with Crippen LogP contribution in [0.2, 0.25) is 0 Å². The number of methoxy groups -OCH3 is 1. The van der Waals surface area contributed by atoms with Gasteiger partial charge in [-0.2, -0.15) is 0 Å². The number of furan rings is 1. The second-order valence-electron chi connectivity index (χ2n) is 9.51. The minimum atomic E-state index is -2.61. The van der Waals surface area contributed by atoms with Gasteiger partial charge >= 0.3 is 0 Å². The molecule has 0 saturated heterocycles. The molecule has 1 amide bonds. The summed E-state index contributed by atoms with van der Waals surface area (Å²) in [6, 6.07) is 14.8. The molecule has 1 aliphatic rings. The van der Waals surface area contributed by atoms with Gasteiger partial charge in [0.05, 0.1) is 24.4 Å². The number of carbonyl (C=O) groups is 1. The van der Waals surface area contributed by atoms with E-state index in [4.69, 9.17) is 13.9 Å². The van der Waals surface area contributed by atoms with Gasteiger partial charge in [0.25, 0.3) is 5.91 Å². The molecule has 5 rings (SSSR count). The summed E-state index contributed by atoms with van der Waals surface area (Å²) in [7, 11) is 3.07. The second-order valence-corrected chi connectivity index (χ2v) is 11.2. The number of benzene rings is 3. The SMILES string of the molecule is CNC(=O)c1c(-c2ccc(F)cc2)oc2cc(N(Cc3ccc(Br)c(COCOC)c3)S(=O)[O-])c(C3CC3)cc12. The molecule has 1 fully saturated rings. The zero-order chi connectivity index (χ0) is 28.4. The van der Waals surface area contributed by atoms with Crippen LogP contribution in [0.1, 0.15) is 45.8 Å². The van der Waals surface area contributed by atoms with Gasteiger partial charge in [0.1, 0.15) is 24.0 Å². The minimum absolute atomic E-state index is 0.0831. The van der Waals surface area contributed by atoms with Gasteiger partial charge in [0.15, 0.2) is 0 Å². The lowest BCUT2D eigenvalue weighted by atomic mass is 10.00. The summed E-state index contributed by atoms with van der Waals surface area (Å²) in [4.78, 5) is 13.0. The van der Waals surface area contributed by atoms with Crippen LogP contribution in [0.5, 0.6) is 0 Å². The number of halogens is 2. The van der Waals surface area contributed by atoms with Crippen molar-refractivity contribution in [1.82, 2.24) is 5.32 Å². The Morgan fingerprint density at radius 3 is 2.60 bits per heavy atom. The van der Waals surface area contributed by atoms with E-state index in [9.17, 15) is 17.9 Å². The van der Waals surface area contributed by atoms with E-state index < -0.39 is 17.1 Å². The average Bonchev–Trinajstić information content (AvgIpc) is 3.73. The smallest absolute Gasteiger partial charge is 0.255 e. The van der Waals surface area contributed by atoms with Crippen molar-refractivity contribution in [2.45, 2.75) is 31.9 Å². The number of ether oxygens (including phenoxy) is 2. The normalized spacial score (nSPS) is 13.9.